The summed E-state index contributed by atoms with van der Waals surface area (Å²) in [4.78, 5) is 0. The van der Waals surface area contributed by atoms with Crippen molar-refractivity contribution in [3.63, 3.8) is 0 Å². The zero-order chi connectivity index (χ0) is 17.1. The van der Waals surface area contributed by atoms with Crippen LogP contribution in [0.2, 0.25) is 0 Å². The van der Waals surface area contributed by atoms with Gasteiger partial charge in [-0.2, -0.15) is 0 Å². The van der Waals surface area contributed by atoms with Gasteiger partial charge in [-0.05, 0) is 78.7 Å². The highest BCUT2D eigenvalue weighted by molar-refractivity contribution is 5.24. The van der Waals surface area contributed by atoms with Gasteiger partial charge >= 0.3 is 0 Å². The van der Waals surface area contributed by atoms with Gasteiger partial charge in [-0.15, -0.1) is 0 Å². The molecular weight excluding hydrogens is 284 g/mol. The van der Waals surface area contributed by atoms with Crippen LogP contribution in [0.5, 0.6) is 0 Å². The largest absolute Gasteiger partial charge is 0.374 e. The van der Waals surface area contributed by atoms with Gasteiger partial charge in [-0.3, -0.25) is 0 Å². The molecule has 0 amide bonds. The fourth-order valence-corrected chi connectivity index (χ4v) is 3.32. The molecule has 0 N–H and O–H groups in total. The molecule has 2 atom stereocenters. The highest BCUT2D eigenvalue weighted by Gasteiger charge is 2.50. The summed E-state index contributed by atoms with van der Waals surface area (Å²) in [5, 5.41) is 0. The second kappa shape index (κ2) is 7.36. The standard InChI is InChI=1S/C21H34O2/c1-16-8-7-15-21(5)19(23-21)14-11-17(2)10-13-18(12-9-16)20(3,4)22-6/h8,10,13,19H,7,9,11-12,14-15H2,1-6H3/b16-8-,17-10-,18-13-/t19-,21+/m1/s1. The number of hydrogen-bond acceptors (Lipinski definition) is 2. The Hall–Kier alpha value is -0.860. The lowest BCUT2D eigenvalue weighted by atomic mass is 9.90. The first kappa shape index (κ1) is 18.5. The minimum Gasteiger partial charge on any atom is -0.374 e. The topological polar surface area (TPSA) is 21.8 Å². The van der Waals surface area contributed by atoms with Crippen molar-refractivity contribution in [1.82, 2.24) is 0 Å². The Kier molecular flexibility index (Phi) is 5.91. The van der Waals surface area contributed by atoms with Crippen LogP contribution in [0.25, 0.3) is 0 Å². The van der Waals surface area contributed by atoms with E-state index in [2.05, 4.69) is 52.8 Å². The van der Waals surface area contributed by atoms with E-state index in [1.807, 2.05) is 0 Å². The molecule has 1 heterocycles. The van der Waals surface area contributed by atoms with Crippen molar-refractivity contribution in [3.05, 3.63) is 34.9 Å². The monoisotopic (exact) mass is 318 g/mol. The maximum absolute atomic E-state index is 5.96. The first-order valence-corrected chi connectivity index (χ1v) is 9.02. The maximum atomic E-state index is 5.96. The Bertz CT molecular complexity index is 510. The number of fused-ring (bicyclic) bond motifs is 1. The number of hydrogen-bond donors (Lipinski definition) is 0. The molecule has 1 aliphatic carbocycles. The van der Waals surface area contributed by atoms with Gasteiger partial charge in [0.15, 0.2) is 0 Å². The first-order chi connectivity index (χ1) is 10.8. The molecule has 1 fully saturated rings. The Labute approximate surface area is 142 Å². The zero-order valence-corrected chi connectivity index (χ0v) is 15.9. The summed E-state index contributed by atoms with van der Waals surface area (Å²) < 4.78 is 11.7. The summed E-state index contributed by atoms with van der Waals surface area (Å²) in [7, 11) is 1.80. The van der Waals surface area contributed by atoms with Crippen LogP contribution in [0, 0.1) is 0 Å². The Morgan fingerprint density at radius 1 is 1.13 bits per heavy atom. The molecule has 2 rings (SSSR count). The molecular formula is C21H34O2. The van der Waals surface area contributed by atoms with Crippen LogP contribution in [0.15, 0.2) is 34.9 Å². The fraction of sp³-hybridized carbons (Fsp3) is 0.714. The van der Waals surface area contributed by atoms with Crippen molar-refractivity contribution in [2.75, 3.05) is 7.11 Å². The second-order valence-corrected chi connectivity index (χ2v) is 7.97. The lowest BCUT2D eigenvalue weighted by Gasteiger charge is -2.27. The van der Waals surface area contributed by atoms with Crippen LogP contribution >= 0.6 is 0 Å². The summed E-state index contributed by atoms with van der Waals surface area (Å²) in [6.45, 7) is 11.1. The van der Waals surface area contributed by atoms with E-state index in [0.717, 1.165) is 38.5 Å². The summed E-state index contributed by atoms with van der Waals surface area (Å²) in [5.74, 6) is 0. The molecule has 0 aromatic heterocycles. The van der Waals surface area contributed by atoms with Crippen molar-refractivity contribution in [2.24, 2.45) is 0 Å². The summed E-state index contributed by atoms with van der Waals surface area (Å²) >= 11 is 0. The van der Waals surface area contributed by atoms with E-state index < -0.39 is 0 Å². The molecule has 0 bridgehead atoms. The molecule has 1 aliphatic heterocycles. The van der Waals surface area contributed by atoms with Gasteiger partial charge in [0.25, 0.3) is 0 Å². The lowest BCUT2D eigenvalue weighted by Crippen LogP contribution is -2.25. The molecule has 0 saturated carbocycles. The van der Waals surface area contributed by atoms with E-state index in [0.29, 0.717) is 6.10 Å². The summed E-state index contributed by atoms with van der Waals surface area (Å²) in [5.41, 5.74) is 4.20. The number of rotatable bonds is 2. The summed E-state index contributed by atoms with van der Waals surface area (Å²) in [6, 6.07) is 0. The molecule has 23 heavy (non-hydrogen) atoms. The third-order valence-corrected chi connectivity index (χ3v) is 5.61. The predicted octanol–water partition coefficient (Wildman–Crippen LogP) is 5.74. The zero-order valence-electron chi connectivity index (χ0n) is 15.9. The average molecular weight is 319 g/mol. The lowest BCUT2D eigenvalue weighted by molar-refractivity contribution is 0.0522. The SMILES string of the molecule is COC(C)(C)/C1=C\C=C(\C)CC[C@H]2O[C@@]2(C)CC/C=C(/C)CC1. The normalized spacial score (nSPS) is 37.3. The molecule has 1 saturated heterocycles. The molecule has 2 aliphatic rings. The molecule has 2 heteroatoms. The fourth-order valence-electron chi connectivity index (χ4n) is 3.32. The van der Waals surface area contributed by atoms with E-state index in [1.54, 1.807) is 7.11 Å². The smallest absolute Gasteiger partial charge is 0.0923 e. The van der Waals surface area contributed by atoms with E-state index >= 15 is 0 Å². The van der Waals surface area contributed by atoms with E-state index in [4.69, 9.17) is 9.47 Å². The van der Waals surface area contributed by atoms with Gasteiger partial charge in [0, 0.05) is 7.11 Å². The minimum absolute atomic E-state index is 0.125. The molecule has 130 valence electrons. The van der Waals surface area contributed by atoms with Gasteiger partial charge in [0.1, 0.15) is 0 Å². The minimum atomic E-state index is -0.202. The number of allylic oxidation sites excluding steroid dienone is 5. The van der Waals surface area contributed by atoms with Crippen LogP contribution in [0.1, 0.15) is 73.1 Å². The molecule has 2 nitrogen and oxygen atoms in total. The average Bonchev–Trinajstić information content (AvgIpc) is 3.14. The molecule has 0 spiro atoms. The van der Waals surface area contributed by atoms with Crippen LogP contribution in [-0.2, 0) is 9.47 Å². The molecule has 0 radical (unpaired) electrons. The first-order valence-electron chi connectivity index (χ1n) is 9.02. The van der Waals surface area contributed by atoms with E-state index in [1.165, 1.54) is 16.7 Å². The van der Waals surface area contributed by atoms with E-state index in [9.17, 15) is 0 Å². The van der Waals surface area contributed by atoms with Crippen molar-refractivity contribution in [1.29, 1.82) is 0 Å². The quantitative estimate of drug-likeness (QED) is 0.478. The maximum Gasteiger partial charge on any atom is 0.0923 e. The predicted molar refractivity (Wildman–Crippen MR) is 97.7 cm³/mol. The molecule has 0 aromatic carbocycles. The van der Waals surface area contributed by atoms with Gasteiger partial charge in [0.05, 0.1) is 17.3 Å². The Balaban J connectivity index is 2.18. The van der Waals surface area contributed by atoms with Crippen LogP contribution in [0.3, 0.4) is 0 Å². The van der Waals surface area contributed by atoms with Crippen LogP contribution in [-0.4, -0.2) is 24.4 Å². The van der Waals surface area contributed by atoms with Gasteiger partial charge < -0.3 is 9.47 Å². The Morgan fingerprint density at radius 2 is 1.87 bits per heavy atom. The van der Waals surface area contributed by atoms with E-state index in [-0.39, 0.29) is 11.2 Å². The number of methoxy groups -OCH3 is 1. The van der Waals surface area contributed by atoms with Crippen molar-refractivity contribution in [3.8, 4) is 0 Å². The number of ether oxygens (including phenoxy) is 2. The van der Waals surface area contributed by atoms with Crippen molar-refractivity contribution < 1.29 is 9.47 Å². The third-order valence-electron chi connectivity index (χ3n) is 5.61. The highest BCUT2D eigenvalue weighted by atomic mass is 16.6. The molecule has 0 unspecified atom stereocenters. The van der Waals surface area contributed by atoms with Gasteiger partial charge in [-0.1, -0.05) is 29.4 Å². The Morgan fingerprint density at radius 3 is 2.57 bits per heavy atom. The summed E-state index contributed by atoms with van der Waals surface area (Å²) in [6.07, 6.45) is 14.1. The van der Waals surface area contributed by atoms with Crippen molar-refractivity contribution >= 4 is 0 Å². The van der Waals surface area contributed by atoms with Crippen LogP contribution < -0.4 is 0 Å². The van der Waals surface area contributed by atoms with Crippen molar-refractivity contribution in [2.45, 2.75) is 90.4 Å². The van der Waals surface area contributed by atoms with Gasteiger partial charge in [0.2, 0.25) is 0 Å². The highest BCUT2D eigenvalue weighted by Crippen LogP contribution is 2.43. The second-order valence-electron chi connectivity index (χ2n) is 7.97. The molecule has 0 aromatic rings. The number of epoxide rings is 1. The van der Waals surface area contributed by atoms with Crippen LogP contribution in [0.4, 0.5) is 0 Å². The third kappa shape index (κ3) is 5.06. The van der Waals surface area contributed by atoms with Gasteiger partial charge in [-0.25, -0.2) is 0 Å².